The van der Waals surface area contributed by atoms with Gasteiger partial charge in [-0.25, -0.2) is 4.57 Å². The van der Waals surface area contributed by atoms with E-state index in [1.165, 1.54) is 153 Å². The summed E-state index contributed by atoms with van der Waals surface area (Å²) in [6.45, 7) is 4.61. The summed E-state index contributed by atoms with van der Waals surface area (Å²) in [4.78, 5) is 3.34. The summed E-state index contributed by atoms with van der Waals surface area (Å²) in [6.07, 6.45) is 38.8. The van der Waals surface area contributed by atoms with E-state index < -0.39 is 0 Å². The van der Waals surface area contributed by atoms with E-state index in [0.717, 1.165) is 0 Å². The van der Waals surface area contributed by atoms with Crippen molar-refractivity contribution in [2.75, 3.05) is 0 Å². The molecule has 0 radical (unpaired) electrons. The Morgan fingerprint density at radius 2 is 1.05 bits per heavy atom. The van der Waals surface area contributed by atoms with Crippen molar-refractivity contribution in [3.63, 3.8) is 0 Å². The number of rotatable bonds is 26. The summed E-state index contributed by atoms with van der Waals surface area (Å²) < 4.78 is 2.50. The number of H-pyrrole nitrogens is 1. The molecule has 1 aromatic carbocycles. The lowest BCUT2D eigenvalue weighted by molar-refractivity contribution is -0.730. The molecule has 0 aliphatic rings. The molecule has 0 spiro atoms. The second-order valence-electron chi connectivity index (χ2n) is 12.0. The Bertz CT molecular complexity index is 723. The van der Waals surface area contributed by atoms with Crippen LogP contribution in [0.4, 0.5) is 0 Å². The Kier molecular flexibility index (Phi) is 20.0. The minimum atomic E-state index is 0.606. The van der Waals surface area contributed by atoms with E-state index in [-0.39, 0.29) is 0 Å². The average molecular weight is 524 g/mol. The van der Waals surface area contributed by atoms with Crippen molar-refractivity contribution in [1.82, 2.24) is 4.98 Å². The minimum Gasteiger partial charge on any atom is -0.250 e. The Balaban J connectivity index is 1.78. The van der Waals surface area contributed by atoms with Crippen molar-refractivity contribution in [2.45, 2.75) is 168 Å². The molecule has 1 N–H and O–H groups in total. The number of hydrogen-bond acceptors (Lipinski definition) is 0. The molecule has 2 atom stereocenters. The number of unbranched alkanes of at least 4 members (excludes halogenated alkanes) is 18. The van der Waals surface area contributed by atoms with Gasteiger partial charge in [-0.2, -0.15) is 0 Å². The van der Waals surface area contributed by atoms with Crippen LogP contribution in [0.3, 0.4) is 0 Å². The van der Waals surface area contributed by atoms with Crippen molar-refractivity contribution >= 4 is 0 Å². The molecule has 216 valence electrons. The van der Waals surface area contributed by atoms with Crippen LogP contribution in [-0.4, -0.2) is 4.98 Å². The largest absolute Gasteiger partial charge is 0.250 e. The van der Waals surface area contributed by atoms with E-state index in [0.29, 0.717) is 12.0 Å². The van der Waals surface area contributed by atoms with Crippen LogP contribution in [0.15, 0.2) is 49.1 Å². The second kappa shape index (κ2) is 23.3. The zero-order chi connectivity index (χ0) is 26.9. The SMILES string of the molecule is CCCCCCCCCCCCCC(C(CCCCCCCCCCC)Cc1ccccc1)[n+]1cc[nH]c1. The third kappa shape index (κ3) is 15.7. The first kappa shape index (κ1) is 32.6. The van der Waals surface area contributed by atoms with Crippen molar-refractivity contribution in [1.29, 1.82) is 0 Å². The lowest BCUT2D eigenvalue weighted by atomic mass is 9.84. The van der Waals surface area contributed by atoms with Gasteiger partial charge in [0.15, 0.2) is 0 Å². The van der Waals surface area contributed by atoms with Gasteiger partial charge < -0.3 is 0 Å². The lowest BCUT2D eigenvalue weighted by Crippen LogP contribution is -2.42. The molecule has 2 rings (SSSR count). The van der Waals surface area contributed by atoms with Gasteiger partial charge in [0.2, 0.25) is 6.33 Å². The molecule has 1 heterocycles. The van der Waals surface area contributed by atoms with Gasteiger partial charge in [-0.1, -0.05) is 166 Å². The zero-order valence-corrected chi connectivity index (χ0v) is 25.5. The molecule has 0 fully saturated rings. The third-order valence-corrected chi connectivity index (χ3v) is 8.62. The number of nitrogens with zero attached hydrogens (tertiary/aromatic N) is 1. The molecular formula is C36H63N2+. The van der Waals surface area contributed by atoms with Gasteiger partial charge in [-0.3, -0.25) is 4.98 Å². The smallest absolute Gasteiger partial charge is 0.241 e. The summed E-state index contributed by atoms with van der Waals surface area (Å²) in [7, 11) is 0. The van der Waals surface area contributed by atoms with Crippen molar-refractivity contribution < 1.29 is 4.57 Å². The number of aromatic nitrogens is 2. The standard InChI is InChI=1S/C36H62N2/c1-3-5-7-9-11-13-14-16-18-20-25-29-36(38-31-30-37-33-38)35(32-34-26-22-21-23-27-34)28-24-19-17-15-12-10-8-6-4-2/h21-23,26-27,30-31,33,35-36H,3-20,24-25,28-29,32H2,1-2H3/p+1. The van der Waals surface area contributed by atoms with E-state index in [2.05, 4.69) is 72.5 Å². The normalized spacial score (nSPS) is 13.1. The summed E-state index contributed by atoms with van der Waals surface area (Å²) in [6, 6.07) is 11.9. The first-order valence-corrected chi connectivity index (χ1v) is 16.9. The van der Waals surface area contributed by atoms with Crippen LogP contribution >= 0.6 is 0 Å². The van der Waals surface area contributed by atoms with E-state index in [4.69, 9.17) is 0 Å². The Labute approximate surface area is 237 Å². The first-order valence-electron chi connectivity index (χ1n) is 16.9. The number of hydrogen-bond donors (Lipinski definition) is 1. The molecule has 2 aromatic rings. The fraction of sp³-hybridized carbons (Fsp3) is 0.750. The van der Waals surface area contributed by atoms with Crippen LogP contribution in [0.25, 0.3) is 0 Å². The van der Waals surface area contributed by atoms with Crippen LogP contribution in [0, 0.1) is 5.92 Å². The maximum atomic E-state index is 3.34. The highest BCUT2D eigenvalue weighted by molar-refractivity contribution is 5.15. The number of imidazole rings is 1. The van der Waals surface area contributed by atoms with Crippen LogP contribution in [-0.2, 0) is 6.42 Å². The molecular weight excluding hydrogens is 460 g/mol. The quantitative estimate of drug-likeness (QED) is 0.0934. The van der Waals surface area contributed by atoms with E-state index in [9.17, 15) is 0 Å². The van der Waals surface area contributed by atoms with Gasteiger partial charge in [-0.15, -0.1) is 0 Å². The highest BCUT2D eigenvalue weighted by Gasteiger charge is 2.26. The highest BCUT2D eigenvalue weighted by atomic mass is 15.1. The van der Waals surface area contributed by atoms with Gasteiger partial charge in [0.05, 0.1) is 0 Å². The predicted octanol–water partition coefficient (Wildman–Crippen LogP) is 11.3. The van der Waals surface area contributed by atoms with Crippen molar-refractivity contribution in [2.24, 2.45) is 5.92 Å². The molecule has 0 saturated carbocycles. The van der Waals surface area contributed by atoms with E-state index in [1.807, 2.05) is 0 Å². The maximum Gasteiger partial charge on any atom is 0.241 e. The number of aromatic amines is 1. The number of benzene rings is 1. The molecule has 1 aromatic heterocycles. The molecule has 0 amide bonds. The van der Waals surface area contributed by atoms with Crippen LogP contribution in [0.2, 0.25) is 0 Å². The zero-order valence-electron chi connectivity index (χ0n) is 25.5. The Morgan fingerprint density at radius 3 is 1.53 bits per heavy atom. The van der Waals surface area contributed by atoms with Gasteiger partial charge in [0, 0.05) is 5.92 Å². The molecule has 2 nitrogen and oxygen atoms in total. The lowest BCUT2D eigenvalue weighted by Gasteiger charge is -2.25. The van der Waals surface area contributed by atoms with Gasteiger partial charge in [0.1, 0.15) is 18.4 Å². The summed E-state index contributed by atoms with van der Waals surface area (Å²) in [5.74, 6) is 0.714. The molecule has 38 heavy (non-hydrogen) atoms. The molecule has 0 aliphatic heterocycles. The van der Waals surface area contributed by atoms with Gasteiger partial charge >= 0.3 is 0 Å². The van der Waals surface area contributed by atoms with Crippen molar-refractivity contribution in [3.8, 4) is 0 Å². The summed E-state index contributed by atoms with van der Waals surface area (Å²) in [5, 5.41) is 0. The topological polar surface area (TPSA) is 19.7 Å². The molecule has 0 bridgehead atoms. The number of nitrogens with one attached hydrogen (secondary N) is 1. The van der Waals surface area contributed by atoms with E-state index >= 15 is 0 Å². The molecule has 0 aliphatic carbocycles. The monoisotopic (exact) mass is 523 g/mol. The Morgan fingerprint density at radius 1 is 0.579 bits per heavy atom. The highest BCUT2D eigenvalue weighted by Crippen LogP contribution is 2.29. The predicted molar refractivity (Wildman–Crippen MR) is 167 cm³/mol. The molecule has 2 heteroatoms. The second-order valence-corrected chi connectivity index (χ2v) is 12.0. The average Bonchev–Trinajstić information content (AvgIpc) is 3.48. The van der Waals surface area contributed by atoms with Crippen molar-refractivity contribution in [3.05, 3.63) is 54.6 Å². The van der Waals surface area contributed by atoms with Gasteiger partial charge in [0.25, 0.3) is 0 Å². The fourth-order valence-corrected chi connectivity index (χ4v) is 6.22. The third-order valence-electron chi connectivity index (χ3n) is 8.62. The summed E-state index contributed by atoms with van der Waals surface area (Å²) in [5.41, 5.74) is 1.51. The molecule has 0 saturated heterocycles. The van der Waals surface area contributed by atoms with E-state index in [1.54, 1.807) is 0 Å². The van der Waals surface area contributed by atoms with Crippen LogP contribution in [0.1, 0.15) is 167 Å². The Hall–Kier alpha value is -1.57. The maximum absolute atomic E-state index is 3.34. The fourth-order valence-electron chi connectivity index (χ4n) is 6.22. The summed E-state index contributed by atoms with van der Waals surface area (Å²) >= 11 is 0. The first-order chi connectivity index (χ1) is 18.8. The van der Waals surface area contributed by atoms with Crippen LogP contribution in [0.5, 0.6) is 0 Å². The van der Waals surface area contributed by atoms with Crippen LogP contribution < -0.4 is 4.57 Å². The minimum absolute atomic E-state index is 0.606. The van der Waals surface area contributed by atoms with Gasteiger partial charge in [-0.05, 0) is 31.2 Å². The molecule has 2 unspecified atom stereocenters.